The molecule has 0 unspecified atom stereocenters. The standard InChI is InChI=1S/C23H21F3O5S/c1-22(2)13-12-20(31-32(28,29)23(24,25)26)18-14-16(8-11-19(18)22)5-4-15-6-9-17(10-7-15)21(27)30-3/h4-12,14H,13H2,1-3H3. The fourth-order valence-electron chi connectivity index (χ4n) is 3.31. The molecule has 1 aliphatic carbocycles. The topological polar surface area (TPSA) is 69.7 Å². The molecule has 0 fully saturated rings. The van der Waals surface area contributed by atoms with Crippen molar-refractivity contribution >= 4 is 34.0 Å². The molecular weight excluding hydrogens is 445 g/mol. The largest absolute Gasteiger partial charge is 0.534 e. The first-order valence-corrected chi connectivity index (χ1v) is 11.0. The molecule has 0 aromatic heterocycles. The molecule has 2 aromatic carbocycles. The number of alkyl halides is 3. The molecule has 5 nitrogen and oxygen atoms in total. The number of methoxy groups -OCH3 is 1. The molecule has 0 saturated heterocycles. The van der Waals surface area contributed by atoms with Crippen LogP contribution in [-0.2, 0) is 24.5 Å². The van der Waals surface area contributed by atoms with Crippen molar-refractivity contribution in [2.45, 2.75) is 31.2 Å². The summed E-state index contributed by atoms with van der Waals surface area (Å²) in [5, 5.41) is 0. The van der Waals surface area contributed by atoms with Crippen LogP contribution < -0.4 is 0 Å². The second kappa shape index (κ2) is 8.46. The average Bonchev–Trinajstić information content (AvgIpc) is 2.73. The maximum atomic E-state index is 12.8. The van der Waals surface area contributed by atoms with Crippen molar-refractivity contribution in [1.82, 2.24) is 0 Å². The third-order valence-electron chi connectivity index (χ3n) is 5.12. The number of ether oxygens (including phenoxy) is 1. The van der Waals surface area contributed by atoms with Crippen molar-refractivity contribution < 1.29 is 35.3 Å². The van der Waals surface area contributed by atoms with E-state index >= 15 is 0 Å². The molecule has 2 aromatic rings. The summed E-state index contributed by atoms with van der Waals surface area (Å²) in [4.78, 5) is 11.5. The predicted molar refractivity (Wildman–Crippen MR) is 115 cm³/mol. The summed E-state index contributed by atoms with van der Waals surface area (Å²) in [5.41, 5.74) is -3.13. The van der Waals surface area contributed by atoms with Crippen molar-refractivity contribution in [2.75, 3.05) is 7.11 Å². The Morgan fingerprint density at radius 2 is 1.62 bits per heavy atom. The molecule has 0 aliphatic heterocycles. The zero-order chi connectivity index (χ0) is 23.7. The third-order valence-corrected chi connectivity index (χ3v) is 6.08. The summed E-state index contributed by atoms with van der Waals surface area (Å²) in [5.74, 6) is -0.791. The maximum absolute atomic E-state index is 12.8. The number of hydrogen-bond donors (Lipinski definition) is 0. The second-order valence-corrected chi connectivity index (χ2v) is 9.43. The normalized spacial score (nSPS) is 15.8. The van der Waals surface area contributed by atoms with E-state index in [0.717, 1.165) is 5.56 Å². The van der Waals surface area contributed by atoms with Crippen molar-refractivity contribution in [3.8, 4) is 0 Å². The first-order valence-electron chi connectivity index (χ1n) is 9.56. The fourth-order valence-corrected chi connectivity index (χ4v) is 3.80. The Bertz CT molecular complexity index is 1190. The number of halogens is 3. The molecule has 0 spiro atoms. The van der Waals surface area contributed by atoms with Gasteiger partial charge in [0.15, 0.2) is 0 Å². The molecule has 0 atom stereocenters. The summed E-state index contributed by atoms with van der Waals surface area (Å²) in [6.45, 7) is 3.82. The lowest BCUT2D eigenvalue weighted by atomic mass is 9.75. The first kappa shape index (κ1) is 23.6. The summed E-state index contributed by atoms with van der Waals surface area (Å²) >= 11 is 0. The highest BCUT2D eigenvalue weighted by molar-refractivity contribution is 7.87. The highest BCUT2D eigenvalue weighted by Crippen LogP contribution is 2.41. The number of hydrogen-bond acceptors (Lipinski definition) is 5. The second-order valence-electron chi connectivity index (χ2n) is 7.89. The van der Waals surface area contributed by atoms with Gasteiger partial charge in [0.05, 0.1) is 12.7 Å². The molecule has 170 valence electrons. The summed E-state index contributed by atoms with van der Waals surface area (Å²) in [6, 6.07) is 11.8. The van der Waals surface area contributed by atoms with E-state index < -0.39 is 27.0 Å². The van der Waals surface area contributed by atoms with Crippen LogP contribution in [0.1, 0.15) is 52.9 Å². The number of rotatable bonds is 5. The van der Waals surface area contributed by atoms with Gasteiger partial charge in [-0.1, -0.05) is 50.3 Å². The minimum atomic E-state index is -5.78. The zero-order valence-electron chi connectivity index (χ0n) is 17.6. The van der Waals surface area contributed by atoms with E-state index in [1.807, 2.05) is 13.8 Å². The van der Waals surface area contributed by atoms with Crippen LogP contribution in [0, 0.1) is 0 Å². The number of fused-ring (bicyclic) bond motifs is 1. The quantitative estimate of drug-likeness (QED) is 0.251. The number of allylic oxidation sites excluding steroid dienone is 1. The Morgan fingerprint density at radius 1 is 1.03 bits per heavy atom. The van der Waals surface area contributed by atoms with Gasteiger partial charge in [0, 0.05) is 5.56 Å². The summed E-state index contributed by atoms with van der Waals surface area (Å²) < 4.78 is 70.7. The number of carbonyl (C=O) groups is 1. The van der Waals surface area contributed by atoms with Crippen molar-refractivity contribution in [3.05, 3.63) is 76.4 Å². The van der Waals surface area contributed by atoms with Crippen LogP contribution >= 0.6 is 0 Å². The van der Waals surface area contributed by atoms with Gasteiger partial charge in [-0.05, 0) is 52.8 Å². The Balaban J connectivity index is 1.93. The molecule has 3 rings (SSSR count). The Labute approximate surface area is 184 Å². The summed E-state index contributed by atoms with van der Waals surface area (Å²) in [6.07, 6.45) is 5.17. The van der Waals surface area contributed by atoms with E-state index in [2.05, 4.69) is 8.92 Å². The van der Waals surface area contributed by atoms with Crippen molar-refractivity contribution in [3.63, 3.8) is 0 Å². The van der Waals surface area contributed by atoms with Crippen LogP contribution in [0.2, 0.25) is 0 Å². The molecule has 9 heteroatoms. The van der Waals surface area contributed by atoms with Gasteiger partial charge in [-0.3, -0.25) is 0 Å². The highest BCUT2D eigenvalue weighted by atomic mass is 32.2. The summed E-state index contributed by atoms with van der Waals surface area (Å²) in [7, 11) is -4.49. The van der Waals surface area contributed by atoms with Gasteiger partial charge < -0.3 is 8.92 Å². The van der Waals surface area contributed by atoms with Crippen LogP contribution in [0.3, 0.4) is 0 Å². The third kappa shape index (κ3) is 4.88. The Hall–Kier alpha value is -3.07. The molecule has 0 N–H and O–H groups in total. The van der Waals surface area contributed by atoms with Gasteiger partial charge in [0.1, 0.15) is 5.76 Å². The van der Waals surface area contributed by atoms with E-state index in [-0.39, 0.29) is 11.3 Å². The fraction of sp³-hybridized carbons (Fsp3) is 0.261. The van der Waals surface area contributed by atoms with Gasteiger partial charge in [-0.25, -0.2) is 4.79 Å². The van der Waals surface area contributed by atoms with E-state index in [1.165, 1.54) is 13.2 Å². The molecule has 0 amide bonds. The van der Waals surface area contributed by atoms with Gasteiger partial charge in [0.25, 0.3) is 0 Å². The number of benzene rings is 2. The van der Waals surface area contributed by atoms with E-state index in [0.29, 0.717) is 23.1 Å². The highest BCUT2D eigenvalue weighted by Gasteiger charge is 2.49. The monoisotopic (exact) mass is 466 g/mol. The Morgan fingerprint density at radius 3 is 2.22 bits per heavy atom. The number of carbonyl (C=O) groups excluding carboxylic acids is 1. The Kier molecular flexibility index (Phi) is 6.24. The smallest absolute Gasteiger partial charge is 0.465 e. The molecule has 1 aliphatic rings. The van der Waals surface area contributed by atoms with Crippen molar-refractivity contribution in [2.24, 2.45) is 0 Å². The lowest BCUT2D eigenvalue weighted by Gasteiger charge is -2.31. The minimum Gasteiger partial charge on any atom is -0.465 e. The lowest BCUT2D eigenvalue weighted by Crippen LogP contribution is -2.27. The molecule has 0 bridgehead atoms. The van der Waals surface area contributed by atoms with Gasteiger partial charge in [-0.15, -0.1) is 0 Å². The van der Waals surface area contributed by atoms with Crippen LogP contribution in [0.25, 0.3) is 17.9 Å². The van der Waals surface area contributed by atoms with Crippen LogP contribution in [0.5, 0.6) is 0 Å². The SMILES string of the molecule is COC(=O)c1ccc(C=Cc2ccc3c(c2)C(OS(=O)(=O)C(F)(F)F)=CCC3(C)C)cc1. The minimum absolute atomic E-state index is 0.289. The van der Waals surface area contributed by atoms with E-state index in [4.69, 9.17) is 0 Å². The molecule has 32 heavy (non-hydrogen) atoms. The number of esters is 1. The maximum Gasteiger partial charge on any atom is 0.534 e. The van der Waals surface area contributed by atoms with Crippen LogP contribution in [0.15, 0.2) is 48.5 Å². The first-order chi connectivity index (χ1) is 14.8. The van der Waals surface area contributed by atoms with E-state index in [1.54, 1.807) is 54.6 Å². The predicted octanol–water partition coefficient (Wildman–Crippen LogP) is 5.53. The molecule has 0 saturated carbocycles. The molecular formula is C23H21F3O5S. The molecule has 0 heterocycles. The van der Waals surface area contributed by atoms with E-state index in [9.17, 15) is 26.4 Å². The average molecular weight is 466 g/mol. The van der Waals surface area contributed by atoms with Gasteiger partial charge in [0.2, 0.25) is 0 Å². The molecule has 0 radical (unpaired) electrons. The van der Waals surface area contributed by atoms with Crippen molar-refractivity contribution in [1.29, 1.82) is 0 Å². The van der Waals surface area contributed by atoms with Gasteiger partial charge >= 0.3 is 21.6 Å². The lowest BCUT2D eigenvalue weighted by molar-refractivity contribution is -0.0509. The zero-order valence-corrected chi connectivity index (χ0v) is 18.4. The van der Waals surface area contributed by atoms with Crippen LogP contribution in [0.4, 0.5) is 13.2 Å². The van der Waals surface area contributed by atoms with Crippen LogP contribution in [-0.4, -0.2) is 27.0 Å². The van der Waals surface area contributed by atoms with Gasteiger partial charge in [-0.2, -0.15) is 21.6 Å².